The highest BCUT2D eigenvalue weighted by Gasteiger charge is 2.20. The quantitative estimate of drug-likeness (QED) is 0.782. The minimum absolute atomic E-state index is 0.144. The lowest BCUT2D eigenvalue weighted by Crippen LogP contribution is -2.28. The van der Waals surface area contributed by atoms with E-state index in [0.717, 1.165) is 24.8 Å². The third-order valence-electron chi connectivity index (χ3n) is 3.28. The van der Waals surface area contributed by atoms with Crippen LogP contribution in [0.4, 0.5) is 0 Å². The first kappa shape index (κ1) is 16.1. The highest BCUT2D eigenvalue weighted by molar-refractivity contribution is 7.89. The number of sulfonamides is 1. The highest BCUT2D eigenvalue weighted by Crippen LogP contribution is 2.19. The van der Waals surface area contributed by atoms with Gasteiger partial charge in [0.15, 0.2) is 0 Å². The Bertz CT molecular complexity index is 511. The zero-order chi connectivity index (χ0) is 14.5. The van der Waals surface area contributed by atoms with Crippen molar-refractivity contribution < 1.29 is 13.5 Å². The standard InChI is InChI=1S/C14H23NO3S/c1-4-5-6-9-15(3)19(17,18)14-8-7-12(2)13(10-14)11-16/h7-8,10,16H,4-6,9,11H2,1-3H3. The molecule has 0 unspecified atom stereocenters. The molecule has 5 heteroatoms. The van der Waals surface area contributed by atoms with Crippen LogP contribution in [0.1, 0.15) is 37.3 Å². The first-order chi connectivity index (χ1) is 8.93. The highest BCUT2D eigenvalue weighted by atomic mass is 32.2. The van der Waals surface area contributed by atoms with Gasteiger partial charge in [0.1, 0.15) is 0 Å². The predicted octanol–water partition coefficient (Wildman–Crippen LogP) is 2.30. The summed E-state index contributed by atoms with van der Waals surface area (Å²) in [5.41, 5.74) is 1.55. The molecule has 0 aliphatic rings. The van der Waals surface area contributed by atoms with Crippen molar-refractivity contribution in [2.24, 2.45) is 0 Å². The number of nitrogens with zero attached hydrogens (tertiary/aromatic N) is 1. The Morgan fingerprint density at radius 2 is 1.95 bits per heavy atom. The fraction of sp³-hybridized carbons (Fsp3) is 0.571. The van der Waals surface area contributed by atoms with Gasteiger partial charge in [0.05, 0.1) is 11.5 Å². The van der Waals surface area contributed by atoms with E-state index in [2.05, 4.69) is 6.92 Å². The molecule has 1 N–H and O–H groups in total. The van der Waals surface area contributed by atoms with Gasteiger partial charge in [0.2, 0.25) is 10.0 Å². The third-order valence-corrected chi connectivity index (χ3v) is 5.13. The third kappa shape index (κ3) is 4.03. The molecule has 0 saturated carbocycles. The molecule has 0 aliphatic heterocycles. The fourth-order valence-electron chi connectivity index (χ4n) is 1.86. The van der Waals surface area contributed by atoms with Gasteiger partial charge in [-0.2, -0.15) is 0 Å². The van der Waals surface area contributed by atoms with Crippen LogP contribution in [0.15, 0.2) is 23.1 Å². The Balaban J connectivity index is 2.93. The average Bonchev–Trinajstić information content (AvgIpc) is 2.39. The van der Waals surface area contributed by atoms with Crippen molar-refractivity contribution in [3.63, 3.8) is 0 Å². The Hall–Kier alpha value is -0.910. The number of benzene rings is 1. The molecule has 1 aromatic rings. The number of hydrogen-bond donors (Lipinski definition) is 1. The molecule has 0 spiro atoms. The molecule has 0 atom stereocenters. The lowest BCUT2D eigenvalue weighted by atomic mass is 10.1. The molecule has 0 aromatic heterocycles. The average molecular weight is 285 g/mol. The molecule has 1 rings (SSSR count). The molecule has 0 bridgehead atoms. The molecule has 0 aliphatic carbocycles. The molecule has 19 heavy (non-hydrogen) atoms. The van der Waals surface area contributed by atoms with Crippen LogP contribution in [0.2, 0.25) is 0 Å². The van der Waals surface area contributed by atoms with Crippen molar-refractivity contribution in [1.29, 1.82) is 0 Å². The molecule has 0 heterocycles. The summed E-state index contributed by atoms with van der Waals surface area (Å²) in [5, 5.41) is 9.21. The minimum Gasteiger partial charge on any atom is -0.392 e. The van der Waals surface area contributed by atoms with Gasteiger partial charge in [-0.3, -0.25) is 0 Å². The maximum absolute atomic E-state index is 12.4. The Labute approximate surface area is 116 Å². The Morgan fingerprint density at radius 1 is 1.26 bits per heavy atom. The van der Waals surface area contributed by atoms with Crippen LogP contribution in [0.5, 0.6) is 0 Å². The van der Waals surface area contributed by atoms with Crippen LogP contribution < -0.4 is 0 Å². The van der Waals surface area contributed by atoms with Crippen LogP contribution >= 0.6 is 0 Å². The number of aliphatic hydroxyl groups is 1. The number of hydrogen-bond acceptors (Lipinski definition) is 3. The second-order valence-corrected chi connectivity index (χ2v) is 6.82. The normalized spacial score (nSPS) is 12.1. The van der Waals surface area contributed by atoms with Gasteiger partial charge in [0.25, 0.3) is 0 Å². The largest absolute Gasteiger partial charge is 0.392 e. The molecule has 0 saturated heterocycles. The van der Waals surface area contributed by atoms with Gasteiger partial charge in [0, 0.05) is 13.6 Å². The van der Waals surface area contributed by atoms with E-state index in [4.69, 9.17) is 0 Å². The molecule has 0 fully saturated rings. The summed E-state index contributed by atoms with van der Waals surface area (Å²) in [6.07, 6.45) is 2.95. The van der Waals surface area contributed by atoms with Gasteiger partial charge >= 0.3 is 0 Å². The van der Waals surface area contributed by atoms with E-state index in [1.54, 1.807) is 25.2 Å². The first-order valence-electron chi connectivity index (χ1n) is 6.60. The molecular formula is C14H23NO3S. The van der Waals surface area contributed by atoms with Gasteiger partial charge in [-0.25, -0.2) is 12.7 Å². The second-order valence-electron chi connectivity index (χ2n) is 4.78. The van der Waals surface area contributed by atoms with E-state index in [9.17, 15) is 13.5 Å². The van der Waals surface area contributed by atoms with Crippen molar-refractivity contribution in [3.05, 3.63) is 29.3 Å². The first-order valence-corrected chi connectivity index (χ1v) is 8.04. The molecular weight excluding hydrogens is 262 g/mol. The Kier molecular flexibility index (Phi) is 5.97. The van der Waals surface area contributed by atoms with E-state index < -0.39 is 10.0 Å². The molecule has 108 valence electrons. The summed E-state index contributed by atoms with van der Waals surface area (Å²) in [4.78, 5) is 0.251. The fourth-order valence-corrected chi connectivity index (χ4v) is 3.12. The maximum Gasteiger partial charge on any atom is 0.242 e. The summed E-state index contributed by atoms with van der Waals surface area (Å²) in [5.74, 6) is 0. The monoisotopic (exact) mass is 285 g/mol. The van der Waals surface area contributed by atoms with Crippen LogP contribution in [0, 0.1) is 6.92 Å². The van der Waals surface area contributed by atoms with E-state index >= 15 is 0 Å². The minimum atomic E-state index is -3.45. The van der Waals surface area contributed by atoms with Crippen molar-refractivity contribution in [3.8, 4) is 0 Å². The van der Waals surface area contributed by atoms with Crippen molar-refractivity contribution >= 4 is 10.0 Å². The van der Waals surface area contributed by atoms with E-state index in [-0.39, 0.29) is 11.5 Å². The lowest BCUT2D eigenvalue weighted by molar-refractivity contribution is 0.280. The van der Waals surface area contributed by atoms with E-state index in [0.29, 0.717) is 12.1 Å². The number of aliphatic hydroxyl groups excluding tert-OH is 1. The van der Waals surface area contributed by atoms with Crippen LogP contribution in [-0.2, 0) is 16.6 Å². The summed E-state index contributed by atoms with van der Waals surface area (Å²) in [6, 6.07) is 4.89. The molecule has 0 amide bonds. The zero-order valence-electron chi connectivity index (χ0n) is 11.9. The summed E-state index contributed by atoms with van der Waals surface area (Å²) in [6.45, 7) is 4.32. The van der Waals surface area contributed by atoms with Gasteiger partial charge in [-0.15, -0.1) is 0 Å². The van der Waals surface area contributed by atoms with Gasteiger partial charge in [-0.05, 0) is 36.6 Å². The predicted molar refractivity (Wildman–Crippen MR) is 76.4 cm³/mol. The van der Waals surface area contributed by atoms with E-state index in [1.807, 2.05) is 6.92 Å². The Morgan fingerprint density at radius 3 is 2.53 bits per heavy atom. The summed E-state index contributed by atoms with van der Waals surface area (Å²) < 4.78 is 26.1. The van der Waals surface area contributed by atoms with Crippen molar-refractivity contribution in [1.82, 2.24) is 4.31 Å². The summed E-state index contributed by atoms with van der Waals surface area (Å²) in [7, 11) is -1.85. The SMILES string of the molecule is CCCCCN(C)S(=O)(=O)c1ccc(C)c(CO)c1. The maximum atomic E-state index is 12.4. The van der Waals surface area contributed by atoms with Gasteiger partial charge in [-0.1, -0.05) is 25.8 Å². The molecule has 1 aromatic carbocycles. The smallest absolute Gasteiger partial charge is 0.242 e. The second kappa shape index (κ2) is 7.03. The number of unbranched alkanes of at least 4 members (excludes halogenated alkanes) is 2. The van der Waals surface area contributed by atoms with Crippen LogP contribution in [-0.4, -0.2) is 31.4 Å². The number of rotatable bonds is 7. The van der Waals surface area contributed by atoms with Crippen LogP contribution in [0.3, 0.4) is 0 Å². The molecule has 4 nitrogen and oxygen atoms in total. The molecule has 0 radical (unpaired) electrons. The van der Waals surface area contributed by atoms with E-state index in [1.165, 1.54) is 4.31 Å². The summed E-state index contributed by atoms with van der Waals surface area (Å²) >= 11 is 0. The lowest BCUT2D eigenvalue weighted by Gasteiger charge is -2.17. The van der Waals surface area contributed by atoms with Crippen molar-refractivity contribution in [2.75, 3.05) is 13.6 Å². The van der Waals surface area contributed by atoms with Crippen LogP contribution in [0.25, 0.3) is 0 Å². The zero-order valence-corrected chi connectivity index (χ0v) is 12.7. The topological polar surface area (TPSA) is 57.6 Å². The number of aryl methyl sites for hydroxylation is 1. The van der Waals surface area contributed by atoms with Crippen molar-refractivity contribution in [2.45, 2.75) is 44.6 Å². The van der Waals surface area contributed by atoms with Gasteiger partial charge < -0.3 is 5.11 Å².